The Bertz CT molecular complexity index is 754. The largest absolute Gasteiger partial charge is 0.481 e. The molecular formula is C20H20FNO3. The highest BCUT2D eigenvalue weighted by molar-refractivity contribution is 5.91. The van der Waals surface area contributed by atoms with E-state index in [2.05, 4.69) is 5.32 Å². The van der Waals surface area contributed by atoms with Crippen LogP contribution in [0.1, 0.15) is 29.5 Å². The minimum atomic E-state index is -0.789. The second-order valence-electron chi connectivity index (χ2n) is 5.64. The van der Waals surface area contributed by atoms with Crippen LogP contribution in [0.3, 0.4) is 0 Å². The number of benzene rings is 2. The molecular weight excluding hydrogens is 321 g/mol. The zero-order valence-electron chi connectivity index (χ0n) is 13.7. The predicted octanol–water partition coefficient (Wildman–Crippen LogP) is 3.56. The van der Waals surface area contributed by atoms with Crippen LogP contribution in [0.15, 0.2) is 54.6 Å². The Balaban J connectivity index is 1.79. The summed E-state index contributed by atoms with van der Waals surface area (Å²) in [6.07, 6.45) is 4.22. The molecule has 0 saturated heterocycles. The Morgan fingerprint density at radius 1 is 1.04 bits per heavy atom. The van der Waals surface area contributed by atoms with Gasteiger partial charge in [-0.25, -0.2) is 4.39 Å². The highest BCUT2D eigenvalue weighted by Crippen LogP contribution is 2.09. The molecule has 2 N–H and O–H groups in total. The van der Waals surface area contributed by atoms with Crippen molar-refractivity contribution in [3.05, 3.63) is 77.1 Å². The van der Waals surface area contributed by atoms with Gasteiger partial charge in [0.25, 0.3) is 0 Å². The number of hydrogen-bond donors (Lipinski definition) is 2. The Hall–Kier alpha value is -2.95. The van der Waals surface area contributed by atoms with Crippen molar-refractivity contribution in [1.82, 2.24) is 5.32 Å². The Labute approximate surface area is 146 Å². The van der Waals surface area contributed by atoms with Crippen molar-refractivity contribution in [2.24, 2.45) is 0 Å². The smallest absolute Gasteiger partial charge is 0.303 e. The average Bonchev–Trinajstić information content (AvgIpc) is 2.60. The van der Waals surface area contributed by atoms with Crippen LogP contribution in [0.5, 0.6) is 0 Å². The van der Waals surface area contributed by atoms with E-state index in [1.807, 2.05) is 24.3 Å². The molecule has 0 aliphatic rings. The lowest BCUT2D eigenvalue weighted by Gasteiger charge is -2.05. The van der Waals surface area contributed by atoms with Crippen molar-refractivity contribution in [3.63, 3.8) is 0 Å². The van der Waals surface area contributed by atoms with Crippen molar-refractivity contribution in [1.29, 1.82) is 0 Å². The number of rotatable bonds is 8. The molecule has 4 nitrogen and oxygen atoms in total. The van der Waals surface area contributed by atoms with Crippen LogP contribution in [0.4, 0.5) is 4.39 Å². The number of aliphatic carboxylic acids is 1. The predicted molar refractivity (Wildman–Crippen MR) is 94.3 cm³/mol. The first-order chi connectivity index (χ1) is 12.0. The highest BCUT2D eigenvalue weighted by atomic mass is 19.1. The monoisotopic (exact) mass is 341 g/mol. The number of nitrogens with one attached hydrogen (secondary N) is 1. The summed E-state index contributed by atoms with van der Waals surface area (Å²) in [5, 5.41) is 11.4. The van der Waals surface area contributed by atoms with Crippen LogP contribution in [0, 0.1) is 5.82 Å². The molecule has 130 valence electrons. The molecule has 0 aliphatic heterocycles. The van der Waals surface area contributed by atoms with Gasteiger partial charge in [0.05, 0.1) is 0 Å². The first-order valence-electron chi connectivity index (χ1n) is 8.04. The summed E-state index contributed by atoms with van der Waals surface area (Å²) in [7, 11) is 0. The van der Waals surface area contributed by atoms with Gasteiger partial charge in [-0.2, -0.15) is 0 Å². The van der Waals surface area contributed by atoms with Gasteiger partial charge in [-0.15, -0.1) is 0 Å². The van der Waals surface area contributed by atoms with E-state index in [4.69, 9.17) is 5.11 Å². The summed E-state index contributed by atoms with van der Waals surface area (Å²) in [6.45, 7) is 0.371. The van der Waals surface area contributed by atoms with Gasteiger partial charge < -0.3 is 10.4 Å². The Kier molecular flexibility index (Phi) is 6.89. The lowest BCUT2D eigenvalue weighted by Crippen LogP contribution is -2.20. The van der Waals surface area contributed by atoms with E-state index < -0.39 is 5.97 Å². The molecule has 5 heteroatoms. The van der Waals surface area contributed by atoms with Crippen LogP contribution in [-0.2, 0) is 22.6 Å². The molecule has 0 aromatic heterocycles. The summed E-state index contributed by atoms with van der Waals surface area (Å²) >= 11 is 0. The van der Waals surface area contributed by atoms with Crippen LogP contribution < -0.4 is 5.32 Å². The fourth-order valence-electron chi connectivity index (χ4n) is 2.29. The lowest BCUT2D eigenvalue weighted by molar-refractivity contribution is -0.137. The number of hydrogen-bond acceptors (Lipinski definition) is 2. The molecule has 0 fully saturated rings. The zero-order chi connectivity index (χ0) is 18.1. The first-order valence-corrected chi connectivity index (χ1v) is 8.04. The van der Waals surface area contributed by atoms with Crippen molar-refractivity contribution >= 4 is 18.0 Å². The SMILES string of the molecule is O=C(O)CCCc1ccc(CNC(=O)/C=C/c2ccccc2F)cc1. The second-order valence-corrected chi connectivity index (χ2v) is 5.64. The summed E-state index contributed by atoms with van der Waals surface area (Å²) in [4.78, 5) is 22.3. The number of aryl methyl sites for hydroxylation is 1. The maximum Gasteiger partial charge on any atom is 0.303 e. The third-order valence-electron chi connectivity index (χ3n) is 3.67. The fourth-order valence-corrected chi connectivity index (χ4v) is 2.29. The minimum Gasteiger partial charge on any atom is -0.481 e. The molecule has 2 aromatic rings. The van der Waals surface area contributed by atoms with Gasteiger partial charge in [0.15, 0.2) is 0 Å². The maximum atomic E-state index is 13.4. The van der Waals surface area contributed by atoms with Crippen molar-refractivity contribution in [2.75, 3.05) is 0 Å². The fraction of sp³-hybridized carbons (Fsp3) is 0.200. The van der Waals surface area contributed by atoms with Crippen LogP contribution in [0.25, 0.3) is 6.08 Å². The van der Waals surface area contributed by atoms with Gasteiger partial charge in [-0.1, -0.05) is 42.5 Å². The molecule has 2 rings (SSSR count). The van der Waals surface area contributed by atoms with Crippen molar-refractivity contribution < 1.29 is 19.1 Å². The number of carboxylic acid groups (broad SMARTS) is 1. The van der Waals surface area contributed by atoms with Gasteiger partial charge >= 0.3 is 5.97 Å². The molecule has 0 bridgehead atoms. The number of carbonyl (C=O) groups excluding carboxylic acids is 1. The molecule has 0 radical (unpaired) electrons. The summed E-state index contributed by atoms with van der Waals surface area (Å²) in [6, 6.07) is 13.9. The molecule has 2 aromatic carbocycles. The van der Waals surface area contributed by atoms with Crippen LogP contribution in [0.2, 0.25) is 0 Å². The first kappa shape index (κ1) is 18.4. The van der Waals surface area contributed by atoms with E-state index in [-0.39, 0.29) is 18.1 Å². The van der Waals surface area contributed by atoms with Crippen molar-refractivity contribution in [3.8, 4) is 0 Å². The molecule has 25 heavy (non-hydrogen) atoms. The van der Waals surface area contributed by atoms with Crippen molar-refractivity contribution in [2.45, 2.75) is 25.8 Å². The summed E-state index contributed by atoms with van der Waals surface area (Å²) < 4.78 is 13.4. The molecule has 0 unspecified atom stereocenters. The Morgan fingerprint density at radius 2 is 1.72 bits per heavy atom. The average molecular weight is 341 g/mol. The van der Waals surface area contributed by atoms with Gasteiger partial charge in [-0.05, 0) is 36.1 Å². The second kappa shape index (κ2) is 9.37. The van der Waals surface area contributed by atoms with Crippen LogP contribution in [-0.4, -0.2) is 17.0 Å². The third kappa shape index (κ3) is 6.59. The number of halogens is 1. The molecule has 0 heterocycles. The maximum absolute atomic E-state index is 13.4. The quantitative estimate of drug-likeness (QED) is 0.722. The third-order valence-corrected chi connectivity index (χ3v) is 3.67. The van der Waals surface area contributed by atoms with Crippen LogP contribution >= 0.6 is 0 Å². The van der Waals surface area contributed by atoms with Gasteiger partial charge in [0.2, 0.25) is 5.91 Å². The Morgan fingerprint density at radius 3 is 2.40 bits per heavy atom. The summed E-state index contributed by atoms with van der Waals surface area (Å²) in [5.41, 5.74) is 2.37. The summed E-state index contributed by atoms with van der Waals surface area (Å²) in [5.74, 6) is -1.46. The number of amides is 1. The molecule has 0 saturated carbocycles. The van der Waals surface area contributed by atoms with E-state index in [0.717, 1.165) is 11.1 Å². The number of carboxylic acids is 1. The van der Waals surface area contributed by atoms with E-state index in [9.17, 15) is 14.0 Å². The van der Waals surface area contributed by atoms with E-state index >= 15 is 0 Å². The standard InChI is InChI=1S/C20H20FNO3/c21-18-6-2-1-5-17(18)12-13-19(23)22-14-16-10-8-15(9-11-16)4-3-7-20(24)25/h1-2,5-6,8-13H,3-4,7,14H2,(H,22,23)(H,24,25)/b13-12+. The van der Waals surface area contributed by atoms with E-state index in [0.29, 0.717) is 24.9 Å². The van der Waals surface area contributed by atoms with Gasteiger partial charge in [0.1, 0.15) is 5.82 Å². The van der Waals surface area contributed by atoms with Gasteiger partial charge in [-0.3, -0.25) is 9.59 Å². The zero-order valence-corrected chi connectivity index (χ0v) is 13.7. The molecule has 0 atom stereocenters. The molecule has 0 spiro atoms. The minimum absolute atomic E-state index is 0.159. The van der Waals surface area contributed by atoms with E-state index in [1.165, 1.54) is 18.2 Å². The highest BCUT2D eigenvalue weighted by Gasteiger charge is 2.01. The van der Waals surface area contributed by atoms with E-state index in [1.54, 1.807) is 18.2 Å². The number of carbonyl (C=O) groups is 2. The topological polar surface area (TPSA) is 66.4 Å². The molecule has 0 aliphatic carbocycles. The molecule has 1 amide bonds. The normalized spacial score (nSPS) is 10.8. The van der Waals surface area contributed by atoms with Gasteiger partial charge in [0, 0.05) is 24.6 Å². The lowest BCUT2D eigenvalue weighted by atomic mass is 10.1.